The molecule has 0 amide bonds. The van der Waals surface area contributed by atoms with E-state index in [1.807, 2.05) is 0 Å². The molecule has 0 spiro atoms. The van der Waals surface area contributed by atoms with E-state index in [0.29, 0.717) is 6.04 Å². The van der Waals surface area contributed by atoms with Gasteiger partial charge in [0.05, 0.1) is 0 Å². The third kappa shape index (κ3) is 3.57. The molecule has 1 heteroatoms. The Labute approximate surface area is 107 Å². The Bertz CT molecular complexity index is 319. The van der Waals surface area contributed by atoms with Gasteiger partial charge in [-0.2, -0.15) is 0 Å². The maximum atomic E-state index is 3.50. The molecule has 1 N–H and O–H groups in total. The molecule has 96 valence electrons. The molecule has 1 aromatic carbocycles. The number of benzene rings is 1. The van der Waals surface area contributed by atoms with E-state index in [0.717, 1.165) is 5.92 Å². The van der Waals surface area contributed by atoms with Gasteiger partial charge in [0.25, 0.3) is 0 Å². The lowest BCUT2D eigenvalue weighted by molar-refractivity contribution is 0.384. The second-order valence-corrected chi connectivity index (χ2v) is 5.06. The Morgan fingerprint density at radius 1 is 1.06 bits per heavy atom. The van der Waals surface area contributed by atoms with Gasteiger partial charge in [0, 0.05) is 6.04 Å². The number of aryl methyl sites for hydroxylation is 2. The fraction of sp³-hybridized carbons (Fsp3) is 0.625. The highest BCUT2D eigenvalue weighted by Crippen LogP contribution is 2.29. The highest BCUT2D eigenvalue weighted by molar-refractivity contribution is 5.36. The average molecular weight is 233 g/mol. The zero-order valence-electron chi connectivity index (χ0n) is 12.0. The molecule has 1 nitrogen and oxygen atoms in total. The standard InChI is InChI=1S/C16H27N/c1-6-14(7-2)11-15(17-5)16-12(3)9-8-10-13(16)4/h8-10,14-15,17H,6-7,11H2,1-5H3. The number of hydrogen-bond donors (Lipinski definition) is 1. The summed E-state index contributed by atoms with van der Waals surface area (Å²) in [7, 11) is 2.08. The van der Waals surface area contributed by atoms with Gasteiger partial charge >= 0.3 is 0 Å². The van der Waals surface area contributed by atoms with Crippen molar-refractivity contribution < 1.29 is 0 Å². The molecule has 0 fully saturated rings. The zero-order valence-corrected chi connectivity index (χ0v) is 12.0. The van der Waals surface area contributed by atoms with Gasteiger partial charge < -0.3 is 5.32 Å². The monoisotopic (exact) mass is 233 g/mol. The molecule has 0 heterocycles. The van der Waals surface area contributed by atoms with Crippen molar-refractivity contribution in [1.82, 2.24) is 5.32 Å². The predicted molar refractivity (Wildman–Crippen MR) is 76.4 cm³/mol. The Kier molecular flexibility index (Phi) is 5.70. The fourth-order valence-corrected chi connectivity index (χ4v) is 2.71. The first-order chi connectivity index (χ1) is 8.13. The predicted octanol–water partition coefficient (Wildman–Crippen LogP) is 4.39. The van der Waals surface area contributed by atoms with E-state index >= 15 is 0 Å². The minimum absolute atomic E-state index is 0.501. The lowest BCUT2D eigenvalue weighted by atomic mass is 9.87. The van der Waals surface area contributed by atoms with Gasteiger partial charge in [-0.05, 0) is 49.9 Å². The highest BCUT2D eigenvalue weighted by atomic mass is 14.9. The zero-order chi connectivity index (χ0) is 12.8. The quantitative estimate of drug-likeness (QED) is 0.768. The summed E-state index contributed by atoms with van der Waals surface area (Å²) in [5, 5.41) is 3.50. The molecule has 1 aromatic rings. The van der Waals surface area contributed by atoms with E-state index in [9.17, 15) is 0 Å². The maximum absolute atomic E-state index is 3.50. The van der Waals surface area contributed by atoms with E-state index in [1.165, 1.54) is 36.0 Å². The van der Waals surface area contributed by atoms with Crippen LogP contribution in [-0.4, -0.2) is 7.05 Å². The summed E-state index contributed by atoms with van der Waals surface area (Å²) in [6.45, 7) is 9.04. The molecular formula is C16H27N. The Morgan fingerprint density at radius 3 is 2.00 bits per heavy atom. The first-order valence-electron chi connectivity index (χ1n) is 6.87. The molecule has 0 aliphatic carbocycles. The summed E-state index contributed by atoms with van der Waals surface area (Å²) in [6, 6.07) is 7.10. The van der Waals surface area contributed by atoms with Crippen LogP contribution in [0.15, 0.2) is 18.2 Å². The van der Waals surface area contributed by atoms with Gasteiger partial charge in [-0.25, -0.2) is 0 Å². The van der Waals surface area contributed by atoms with Crippen LogP contribution in [0.2, 0.25) is 0 Å². The van der Waals surface area contributed by atoms with Crippen molar-refractivity contribution in [2.45, 2.75) is 53.0 Å². The lowest BCUT2D eigenvalue weighted by Gasteiger charge is -2.25. The molecule has 0 bridgehead atoms. The molecule has 0 radical (unpaired) electrons. The van der Waals surface area contributed by atoms with Gasteiger partial charge in [-0.1, -0.05) is 44.9 Å². The SMILES string of the molecule is CCC(CC)CC(NC)c1c(C)cccc1C. The van der Waals surface area contributed by atoms with Gasteiger partial charge in [0.1, 0.15) is 0 Å². The summed E-state index contributed by atoms with van der Waals surface area (Å²) in [5.74, 6) is 0.825. The Morgan fingerprint density at radius 2 is 1.59 bits per heavy atom. The fourth-order valence-electron chi connectivity index (χ4n) is 2.71. The smallest absolute Gasteiger partial charge is 0.0325 e. The second-order valence-electron chi connectivity index (χ2n) is 5.06. The van der Waals surface area contributed by atoms with Gasteiger partial charge in [-0.15, -0.1) is 0 Å². The van der Waals surface area contributed by atoms with Crippen LogP contribution in [-0.2, 0) is 0 Å². The van der Waals surface area contributed by atoms with Crippen molar-refractivity contribution in [3.63, 3.8) is 0 Å². The van der Waals surface area contributed by atoms with E-state index in [4.69, 9.17) is 0 Å². The van der Waals surface area contributed by atoms with Crippen LogP contribution in [0, 0.1) is 19.8 Å². The molecule has 1 rings (SSSR count). The Hall–Kier alpha value is -0.820. The summed E-state index contributed by atoms with van der Waals surface area (Å²) in [5.41, 5.74) is 4.33. The van der Waals surface area contributed by atoms with Crippen LogP contribution < -0.4 is 5.32 Å². The first kappa shape index (κ1) is 14.2. The van der Waals surface area contributed by atoms with Crippen LogP contribution in [0.3, 0.4) is 0 Å². The summed E-state index contributed by atoms with van der Waals surface area (Å²) < 4.78 is 0. The van der Waals surface area contributed by atoms with Crippen molar-refractivity contribution in [2.24, 2.45) is 5.92 Å². The molecule has 1 atom stereocenters. The summed E-state index contributed by atoms with van der Waals surface area (Å²) in [4.78, 5) is 0. The topological polar surface area (TPSA) is 12.0 Å². The first-order valence-corrected chi connectivity index (χ1v) is 6.87. The van der Waals surface area contributed by atoms with Crippen LogP contribution in [0.5, 0.6) is 0 Å². The molecule has 0 saturated heterocycles. The van der Waals surface area contributed by atoms with Crippen LogP contribution in [0.1, 0.15) is 55.8 Å². The number of nitrogens with one attached hydrogen (secondary N) is 1. The average Bonchev–Trinajstić information content (AvgIpc) is 2.33. The van der Waals surface area contributed by atoms with Gasteiger partial charge in [0.15, 0.2) is 0 Å². The molecule has 0 aliphatic rings. The molecule has 1 unspecified atom stereocenters. The molecule has 0 aliphatic heterocycles. The van der Waals surface area contributed by atoms with Crippen molar-refractivity contribution in [3.05, 3.63) is 34.9 Å². The van der Waals surface area contributed by atoms with E-state index < -0.39 is 0 Å². The highest BCUT2D eigenvalue weighted by Gasteiger charge is 2.17. The second kappa shape index (κ2) is 6.80. The Balaban J connectivity index is 2.93. The number of rotatable bonds is 6. The minimum Gasteiger partial charge on any atom is -0.313 e. The third-order valence-electron chi connectivity index (χ3n) is 3.96. The van der Waals surface area contributed by atoms with Gasteiger partial charge in [0.2, 0.25) is 0 Å². The van der Waals surface area contributed by atoms with Crippen molar-refractivity contribution in [2.75, 3.05) is 7.05 Å². The van der Waals surface area contributed by atoms with E-state index in [-0.39, 0.29) is 0 Å². The van der Waals surface area contributed by atoms with Crippen LogP contribution in [0.4, 0.5) is 0 Å². The van der Waals surface area contributed by atoms with Crippen LogP contribution >= 0.6 is 0 Å². The van der Waals surface area contributed by atoms with E-state index in [1.54, 1.807) is 0 Å². The summed E-state index contributed by atoms with van der Waals surface area (Å²) >= 11 is 0. The number of hydrogen-bond acceptors (Lipinski definition) is 1. The van der Waals surface area contributed by atoms with Crippen molar-refractivity contribution >= 4 is 0 Å². The third-order valence-corrected chi connectivity index (χ3v) is 3.96. The van der Waals surface area contributed by atoms with Crippen molar-refractivity contribution in [1.29, 1.82) is 0 Å². The molecule has 0 aromatic heterocycles. The summed E-state index contributed by atoms with van der Waals surface area (Å²) in [6.07, 6.45) is 3.80. The lowest BCUT2D eigenvalue weighted by Crippen LogP contribution is -2.21. The minimum atomic E-state index is 0.501. The van der Waals surface area contributed by atoms with E-state index in [2.05, 4.69) is 58.3 Å². The largest absolute Gasteiger partial charge is 0.313 e. The van der Waals surface area contributed by atoms with Gasteiger partial charge in [-0.3, -0.25) is 0 Å². The normalized spacial score (nSPS) is 13.1. The van der Waals surface area contributed by atoms with Crippen LogP contribution in [0.25, 0.3) is 0 Å². The molecule has 17 heavy (non-hydrogen) atoms. The molecule has 0 saturated carbocycles. The maximum Gasteiger partial charge on any atom is 0.0325 e. The van der Waals surface area contributed by atoms with Crippen molar-refractivity contribution in [3.8, 4) is 0 Å². The molecular weight excluding hydrogens is 206 g/mol.